The van der Waals surface area contributed by atoms with E-state index in [1.807, 2.05) is 30.3 Å². The van der Waals surface area contributed by atoms with Gasteiger partial charge in [0.15, 0.2) is 6.61 Å². The summed E-state index contributed by atoms with van der Waals surface area (Å²) in [5.74, 6) is -2.35. The molecule has 2 aromatic carbocycles. The molecule has 0 aliphatic rings. The second-order valence-corrected chi connectivity index (χ2v) is 8.15. The Hall–Kier alpha value is -4.14. The number of hydrogen-bond acceptors (Lipinski definition) is 6. The highest BCUT2D eigenvalue weighted by atomic mass is 16.5. The van der Waals surface area contributed by atoms with Crippen molar-refractivity contribution in [2.45, 2.75) is 32.9 Å². The third-order valence-corrected chi connectivity index (χ3v) is 5.17. The van der Waals surface area contributed by atoms with Crippen LogP contribution in [0.5, 0.6) is 5.75 Å². The number of rotatable bonds is 9. The second kappa shape index (κ2) is 10.7. The van der Waals surface area contributed by atoms with Crippen LogP contribution in [0.15, 0.2) is 63.8 Å². The number of carboxylic acid groups (broad SMARTS) is 1. The summed E-state index contributed by atoms with van der Waals surface area (Å²) in [7, 11) is 0. The average Bonchev–Trinajstić information content (AvgIpc) is 2.80. The highest BCUT2D eigenvalue weighted by Crippen LogP contribution is 2.29. The topological polar surface area (TPSA) is 135 Å². The number of nitrogens with one attached hydrogen (secondary N) is 2. The fourth-order valence-corrected chi connectivity index (χ4v) is 3.38. The van der Waals surface area contributed by atoms with Crippen LogP contribution in [0, 0.1) is 5.92 Å². The van der Waals surface area contributed by atoms with Gasteiger partial charge in [0.1, 0.15) is 23.4 Å². The molecule has 2 unspecified atom stereocenters. The Bertz CT molecular complexity index is 1250. The molecule has 0 aliphatic heterocycles. The number of carbonyl (C=O) groups excluding carboxylic acids is 2. The Balaban J connectivity index is 1.65. The molecule has 9 heteroatoms. The lowest BCUT2D eigenvalue weighted by molar-refractivity contribution is -0.143. The summed E-state index contributed by atoms with van der Waals surface area (Å²) in [5, 5.41) is 14.8. The summed E-state index contributed by atoms with van der Waals surface area (Å²) < 4.78 is 10.8. The first-order valence-corrected chi connectivity index (χ1v) is 10.7. The van der Waals surface area contributed by atoms with Crippen LogP contribution in [-0.2, 0) is 14.4 Å². The number of hydrogen-bond donors (Lipinski definition) is 3. The van der Waals surface area contributed by atoms with Gasteiger partial charge in [-0.05, 0) is 36.1 Å². The maximum atomic E-state index is 12.2. The zero-order valence-corrected chi connectivity index (χ0v) is 19.0. The molecule has 1 aromatic heterocycles. The van der Waals surface area contributed by atoms with E-state index in [1.54, 1.807) is 26.0 Å². The van der Waals surface area contributed by atoms with Crippen molar-refractivity contribution in [3.8, 4) is 16.9 Å². The molecule has 34 heavy (non-hydrogen) atoms. The second-order valence-electron chi connectivity index (χ2n) is 8.15. The molecule has 0 spiro atoms. The summed E-state index contributed by atoms with van der Waals surface area (Å²) >= 11 is 0. The molecule has 0 bridgehead atoms. The standard InChI is InChI=1S/C25H26N2O7/c1-14(2)23(25(31)32)27-24(30)15(3)26-21(28)13-33-17-9-10-18-19(16-7-5-4-6-8-16)12-22(29)34-20(18)11-17/h4-12,14-15,23H,13H2,1-3H3,(H,26,28)(H,27,30)(H,31,32). The summed E-state index contributed by atoms with van der Waals surface area (Å²) in [6.07, 6.45) is 0. The number of carbonyl (C=O) groups is 3. The highest BCUT2D eigenvalue weighted by molar-refractivity contribution is 5.94. The van der Waals surface area contributed by atoms with Gasteiger partial charge in [-0.15, -0.1) is 0 Å². The van der Waals surface area contributed by atoms with E-state index >= 15 is 0 Å². The molecule has 0 aliphatic carbocycles. The lowest BCUT2D eigenvalue weighted by atomic mass is 10.0. The van der Waals surface area contributed by atoms with Crippen molar-refractivity contribution in [2.24, 2.45) is 5.92 Å². The van der Waals surface area contributed by atoms with Gasteiger partial charge in [0.05, 0.1) is 0 Å². The molecule has 1 heterocycles. The first kappa shape index (κ1) is 24.5. The Labute approximate surface area is 195 Å². The Kier molecular flexibility index (Phi) is 7.68. The molecular formula is C25H26N2O7. The first-order valence-electron chi connectivity index (χ1n) is 10.7. The quantitative estimate of drug-likeness (QED) is 0.413. The van der Waals surface area contributed by atoms with E-state index in [0.29, 0.717) is 16.7 Å². The minimum absolute atomic E-state index is 0.305. The largest absolute Gasteiger partial charge is 0.484 e. The first-order chi connectivity index (χ1) is 16.2. The van der Waals surface area contributed by atoms with E-state index in [4.69, 9.17) is 9.15 Å². The number of carboxylic acids is 1. The summed E-state index contributed by atoms with van der Waals surface area (Å²) in [5.41, 5.74) is 1.38. The zero-order valence-electron chi connectivity index (χ0n) is 19.0. The Morgan fingerprint density at radius 3 is 2.35 bits per heavy atom. The van der Waals surface area contributed by atoms with Crippen LogP contribution >= 0.6 is 0 Å². The van der Waals surface area contributed by atoms with Crippen molar-refractivity contribution in [1.29, 1.82) is 0 Å². The Morgan fingerprint density at radius 1 is 1.00 bits per heavy atom. The molecule has 3 rings (SSSR count). The van der Waals surface area contributed by atoms with Gasteiger partial charge in [-0.2, -0.15) is 0 Å². The van der Waals surface area contributed by atoms with Crippen molar-refractivity contribution in [1.82, 2.24) is 10.6 Å². The fourth-order valence-electron chi connectivity index (χ4n) is 3.38. The van der Waals surface area contributed by atoms with E-state index in [1.165, 1.54) is 19.1 Å². The van der Waals surface area contributed by atoms with Gasteiger partial charge in [-0.25, -0.2) is 9.59 Å². The fraction of sp³-hybridized carbons (Fsp3) is 0.280. The summed E-state index contributed by atoms with van der Waals surface area (Å²) in [6, 6.07) is 13.7. The van der Waals surface area contributed by atoms with E-state index in [-0.39, 0.29) is 5.92 Å². The van der Waals surface area contributed by atoms with Crippen LogP contribution in [0.4, 0.5) is 0 Å². The number of aliphatic carboxylic acids is 1. The van der Waals surface area contributed by atoms with Gasteiger partial charge in [0.25, 0.3) is 5.91 Å². The van der Waals surface area contributed by atoms with E-state index < -0.39 is 42.1 Å². The zero-order chi connectivity index (χ0) is 24.8. The van der Waals surface area contributed by atoms with Gasteiger partial charge in [-0.1, -0.05) is 44.2 Å². The van der Waals surface area contributed by atoms with Gasteiger partial charge in [0, 0.05) is 17.5 Å². The molecule has 2 atom stereocenters. The minimum atomic E-state index is -1.15. The van der Waals surface area contributed by atoms with Crippen molar-refractivity contribution in [3.05, 3.63) is 65.0 Å². The molecule has 0 saturated carbocycles. The summed E-state index contributed by atoms with van der Waals surface area (Å²) in [4.78, 5) is 47.8. The number of ether oxygens (including phenoxy) is 1. The average molecular weight is 466 g/mol. The molecule has 9 nitrogen and oxygen atoms in total. The predicted molar refractivity (Wildman–Crippen MR) is 125 cm³/mol. The minimum Gasteiger partial charge on any atom is -0.484 e. The molecule has 0 radical (unpaired) electrons. The maximum absolute atomic E-state index is 12.2. The third-order valence-electron chi connectivity index (χ3n) is 5.17. The van der Waals surface area contributed by atoms with Crippen LogP contribution in [0.2, 0.25) is 0 Å². The predicted octanol–water partition coefficient (Wildman–Crippen LogP) is 2.57. The van der Waals surface area contributed by atoms with Crippen LogP contribution in [0.25, 0.3) is 22.1 Å². The van der Waals surface area contributed by atoms with Crippen LogP contribution < -0.4 is 21.0 Å². The SMILES string of the molecule is CC(NC(=O)COc1ccc2c(-c3ccccc3)cc(=O)oc2c1)C(=O)NC(C(=O)O)C(C)C. The van der Waals surface area contributed by atoms with Crippen LogP contribution in [0.3, 0.4) is 0 Å². The third kappa shape index (κ3) is 6.00. The van der Waals surface area contributed by atoms with Gasteiger partial charge < -0.3 is 24.9 Å². The lowest BCUT2D eigenvalue weighted by Crippen LogP contribution is -2.52. The van der Waals surface area contributed by atoms with Crippen LogP contribution in [-0.4, -0.2) is 41.6 Å². The van der Waals surface area contributed by atoms with E-state index in [9.17, 15) is 24.3 Å². The molecule has 0 fully saturated rings. The molecule has 2 amide bonds. The number of benzene rings is 2. The number of amides is 2. The number of fused-ring (bicyclic) bond motifs is 1. The molecule has 178 valence electrons. The normalized spacial score (nSPS) is 12.7. The highest BCUT2D eigenvalue weighted by Gasteiger charge is 2.26. The molecule has 0 saturated heterocycles. The maximum Gasteiger partial charge on any atom is 0.336 e. The molecule has 3 N–H and O–H groups in total. The lowest BCUT2D eigenvalue weighted by Gasteiger charge is -2.21. The summed E-state index contributed by atoms with van der Waals surface area (Å²) in [6.45, 7) is 4.40. The van der Waals surface area contributed by atoms with E-state index in [2.05, 4.69) is 10.6 Å². The van der Waals surface area contributed by atoms with Crippen LogP contribution in [0.1, 0.15) is 20.8 Å². The van der Waals surface area contributed by atoms with Gasteiger partial charge in [-0.3, -0.25) is 9.59 Å². The van der Waals surface area contributed by atoms with E-state index in [0.717, 1.165) is 11.1 Å². The van der Waals surface area contributed by atoms with Crippen molar-refractivity contribution >= 4 is 28.8 Å². The van der Waals surface area contributed by atoms with Crippen molar-refractivity contribution < 1.29 is 28.6 Å². The van der Waals surface area contributed by atoms with Crippen molar-refractivity contribution in [2.75, 3.05) is 6.61 Å². The monoisotopic (exact) mass is 466 g/mol. The van der Waals surface area contributed by atoms with Gasteiger partial charge in [0.2, 0.25) is 5.91 Å². The van der Waals surface area contributed by atoms with Crippen molar-refractivity contribution in [3.63, 3.8) is 0 Å². The Morgan fingerprint density at radius 2 is 1.71 bits per heavy atom. The van der Waals surface area contributed by atoms with Gasteiger partial charge >= 0.3 is 11.6 Å². The molecule has 3 aromatic rings. The molecular weight excluding hydrogens is 440 g/mol. The smallest absolute Gasteiger partial charge is 0.336 e.